The second kappa shape index (κ2) is 7.49. The molecule has 22 heavy (non-hydrogen) atoms. The minimum Gasteiger partial charge on any atom is -0.378 e. The molecule has 0 bridgehead atoms. The number of nitrogens with zero attached hydrogens (tertiary/aromatic N) is 1. The van der Waals surface area contributed by atoms with E-state index >= 15 is 0 Å². The summed E-state index contributed by atoms with van der Waals surface area (Å²) in [4.78, 5) is 16.1. The highest BCUT2D eigenvalue weighted by molar-refractivity contribution is 7.98. The van der Waals surface area contributed by atoms with Crippen LogP contribution < -0.4 is 5.32 Å². The largest absolute Gasteiger partial charge is 0.378 e. The third-order valence-corrected chi connectivity index (χ3v) is 5.37. The highest BCUT2D eigenvalue weighted by Crippen LogP contribution is 2.22. The summed E-state index contributed by atoms with van der Waals surface area (Å²) in [5, 5.41) is 3.20. The maximum atomic E-state index is 12.6. The molecule has 2 aliphatic rings. The van der Waals surface area contributed by atoms with E-state index in [0.717, 1.165) is 30.2 Å². The van der Waals surface area contributed by atoms with Crippen molar-refractivity contribution in [2.45, 2.75) is 36.2 Å². The third kappa shape index (κ3) is 3.47. The van der Waals surface area contributed by atoms with Crippen molar-refractivity contribution in [1.82, 2.24) is 10.2 Å². The van der Waals surface area contributed by atoms with Crippen molar-refractivity contribution in [2.75, 3.05) is 32.6 Å². The van der Waals surface area contributed by atoms with Crippen LogP contribution in [0.4, 0.5) is 0 Å². The Morgan fingerprint density at radius 3 is 2.77 bits per heavy atom. The summed E-state index contributed by atoms with van der Waals surface area (Å²) in [7, 11) is 0. The average Bonchev–Trinajstić information content (AvgIpc) is 3.03. The summed E-state index contributed by atoms with van der Waals surface area (Å²) in [5.41, 5.74) is 0.763. The first-order valence-corrected chi connectivity index (χ1v) is 9.28. The number of carbonyl (C=O) groups is 1. The Kier molecular flexibility index (Phi) is 5.39. The zero-order chi connectivity index (χ0) is 15.4. The number of likely N-dealkylation sites (tertiary alicyclic amines) is 1. The Morgan fingerprint density at radius 2 is 2.00 bits per heavy atom. The lowest BCUT2D eigenvalue weighted by Gasteiger charge is -2.34. The molecule has 0 spiro atoms. The second-order valence-electron chi connectivity index (χ2n) is 5.98. The predicted molar refractivity (Wildman–Crippen MR) is 89.5 cm³/mol. The molecule has 2 aliphatic heterocycles. The second-order valence-corrected chi connectivity index (χ2v) is 6.83. The molecule has 120 valence electrons. The number of carbonyl (C=O) groups excluding carboxylic acids is 1. The Bertz CT molecular complexity index is 517. The minimum absolute atomic E-state index is 0.0162. The molecular formula is C17H24N2O2S. The molecule has 1 amide bonds. The standard InChI is InChI=1S/C17H24N2O2S/c1-22-16-8-4-3-7-13(16)17(20)18-14-11-21-12-15(14)19-9-5-2-6-10-19/h3-4,7-8,14-15H,2,5-6,9-12H2,1H3,(H,18,20)/t14-,15-/m1/s1. The quantitative estimate of drug-likeness (QED) is 0.865. The predicted octanol–water partition coefficient (Wildman–Crippen LogP) is 2.39. The van der Waals surface area contributed by atoms with E-state index in [-0.39, 0.29) is 11.9 Å². The molecule has 2 saturated heterocycles. The fourth-order valence-corrected chi connectivity index (χ4v) is 3.96. The van der Waals surface area contributed by atoms with Gasteiger partial charge in [0.25, 0.3) is 5.91 Å². The van der Waals surface area contributed by atoms with Gasteiger partial charge in [0.05, 0.1) is 30.9 Å². The molecule has 0 radical (unpaired) electrons. The summed E-state index contributed by atoms with van der Waals surface area (Å²) in [6.07, 6.45) is 5.84. The number of hydrogen-bond acceptors (Lipinski definition) is 4. The van der Waals surface area contributed by atoms with Crippen molar-refractivity contribution in [3.05, 3.63) is 29.8 Å². The molecule has 1 N–H and O–H groups in total. The fraction of sp³-hybridized carbons (Fsp3) is 0.588. The van der Waals surface area contributed by atoms with Crippen LogP contribution in [-0.2, 0) is 4.74 Å². The molecule has 0 unspecified atom stereocenters. The maximum absolute atomic E-state index is 12.6. The van der Waals surface area contributed by atoms with Gasteiger partial charge in [-0.1, -0.05) is 18.6 Å². The molecule has 4 nitrogen and oxygen atoms in total. The number of ether oxygens (including phenoxy) is 1. The van der Waals surface area contributed by atoms with Crippen LogP contribution in [0.1, 0.15) is 29.6 Å². The van der Waals surface area contributed by atoms with Crippen molar-refractivity contribution in [3.63, 3.8) is 0 Å². The van der Waals surface area contributed by atoms with Gasteiger partial charge in [0, 0.05) is 4.90 Å². The summed E-state index contributed by atoms with van der Waals surface area (Å²) in [6.45, 7) is 3.60. The number of amides is 1. The van der Waals surface area contributed by atoms with Crippen molar-refractivity contribution in [1.29, 1.82) is 0 Å². The van der Waals surface area contributed by atoms with Crippen LogP contribution in [0.5, 0.6) is 0 Å². The van der Waals surface area contributed by atoms with Gasteiger partial charge < -0.3 is 10.1 Å². The molecule has 0 saturated carbocycles. The van der Waals surface area contributed by atoms with Gasteiger partial charge >= 0.3 is 0 Å². The van der Waals surface area contributed by atoms with E-state index in [1.807, 2.05) is 30.5 Å². The van der Waals surface area contributed by atoms with Crippen LogP contribution in [0.15, 0.2) is 29.2 Å². The molecule has 1 aromatic carbocycles. The highest BCUT2D eigenvalue weighted by atomic mass is 32.2. The molecule has 5 heteroatoms. The van der Waals surface area contributed by atoms with Crippen LogP contribution >= 0.6 is 11.8 Å². The molecule has 2 heterocycles. The van der Waals surface area contributed by atoms with Crippen LogP contribution in [0, 0.1) is 0 Å². The van der Waals surface area contributed by atoms with Crippen LogP contribution in [0.25, 0.3) is 0 Å². The Balaban J connectivity index is 1.67. The molecular weight excluding hydrogens is 296 g/mol. The molecule has 3 rings (SSSR count). The SMILES string of the molecule is CSc1ccccc1C(=O)N[C@@H]1COC[C@H]1N1CCCCC1. The summed E-state index contributed by atoms with van der Waals surface area (Å²) < 4.78 is 5.65. The summed E-state index contributed by atoms with van der Waals surface area (Å²) in [6, 6.07) is 8.20. The number of benzene rings is 1. The van der Waals surface area contributed by atoms with Crippen molar-refractivity contribution in [2.24, 2.45) is 0 Å². The van der Waals surface area contributed by atoms with Crippen molar-refractivity contribution < 1.29 is 9.53 Å². The van der Waals surface area contributed by atoms with E-state index in [1.54, 1.807) is 11.8 Å². The third-order valence-electron chi connectivity index (χ3n) is 4.58. The molecule has 2 fully saturated rings. The first kappa shape index (κ1) is 15.8. The molecule has 2 atom stereocenters. The van der Waals surface area contributed by atoms with Crippen LogP contribution in [-0.4, -0.2) is 55.4 Å². The lowest BCUT2D eigenvalue weighted by Crippen LogP contribution is -2.52. The van der Waals surface area contributed by atoms with E-state index in [0.29, 0.717) is 12.6 Å². The van der Waals surface area contributed by atoms with E-state index < -0.39 is 0 Å². The Labute approximate surface area is 136 Å². The smallest absolute Gasteiger partial charge is 0.252 e. The van der Waals surface area contributed by atoms with Gasteiger partial charge in [0.2, 0.25) is 0 Å². The van der Waals surface area contributed by atoms with Gasteiger partial charge in [0.1, 0.15) is 0 Å². The number of hydrogen-bond donors (Lipinski definition) is 1. The number of thioether (sulfide) groups is 1. The fourth-order valence-electron chi connectivity index (χ4n) is 3.37. The van der Waals surface area contributed by atoms with Gasteiger partial charge in [-0.15, -0.1) is 11.8 Å². The first-order chi connectivity index (χ1) is 10.8. The number of piperidine rings is 1. The highest BCUT2D eigenvalue weighted by Gasteiger charge is 2.34. The molecule has 0 aromatic heterocycles. The van der Waals surface area contributed by atoms with Gasteiger partial charge in [-0.3, -0.25) is 9.69 Å². The summed E-state index contributed by atoms with van der Waals surface area (Å²) in [5.74, 6) is 0.0162. The van der Waals surface area contributed by atoms with Crippen molar-refractivity contribution >= 4 is 17.7 Å². The zero-order valence-corrected chi connectivity index (χ0v) is 13.9. The summed E-state index contributed by atoms with van der Waals surface area (Å²) >= 11 is 1.61. The number of nitrogens with one attached hydrogen (secondary N) is 1. The lowest BCUT2D eigenvalue weighted by atomic mass is 10.0. The molecule has 0 aliphatic carbocycles. The lowest BCUT2D eigenvalue weighted by molar-refractivity contribution is 0.0897. The zero-order valence-electron chi connectivity index (χ0n) is 13.1. The van der Waals surface area contributed by atoms with E-state index in [9.17, 15) is 4.79 Å². The Hall–Kier alpha value is -1.04. The number of rotatable bonds is 4. The van der Waals surface area contributed by atoms with Crippen molar-refractivity contribution in [3.8, 4) is 0 Å². The maximum Gasteiger partial charge on any atom is 0.252 e. The average molecular weight is 320 g/mol. The van der Waals surface area contributed by atoms with Crippen LogP contribution in [0.2, 0.25) is 0 Å². The first-order valence-electron chi connectivity index (χ1n) is 8.05. The van der Waals surface area contributed by atoms with Crippen LogP contribution in [0.3, 0.4) is 0 Å². The van der Waals surface area contributed by atoms with E-state index in [2.05, 4.69) is 10.2 Å². The molecule has 1 aromatic rings. The normalized spacial score (nSPS) is 26.0. The van der Waals surface area contributed by atoms with Gasteiger partial charge in [-0.25, -0.2) is 0 Å². The van der Waals surface area contributed by atoms with Gasteiger partial charge in [0.15, 0.2) is 0 Å². The van der Waals surface area contributed by atoms with E-state index in [4.69, 9.17) is 4.74 Å². The Morgan fingerprint density at radius 1 is 1.23 bits per heavy atom. The van der Waals surface area contributed by atoms with Gasteiger partial charge in [-0.05, 0) is 44.3 Å². The van der Waals surface area contributed by atoms with Gasteiger partial charge in [-0.2, -0.15) is 0 Å². The monoisotopic (exact) mass is 320 g/mol. The van der Waals surface area contributed by atoms with E-state index in [1.165, 1.54) is 19.3 Å². The minimum atomic E-state index is 0.0162. The topological polar surface area (TPSA) is 41.6 Å².